The summed E-state index contributed by atoms with van der Waals surface area (Å²) in [6.07, 6.45) is -4.56. The minimum Gasteiger partial charge on any atom is -0.334 e. The van der Waals surface area contributed by atoms with Gasteiger partial charge in [-0.1, -0.05) is 11.3 Å². The van der Waals surface area contributed by atoms with Gasteiger partial charge in [-0.05, 0) is 25.1 Å². The molecule has 0 aliphatic heterocycles. The molecule has 114 valence electrons. The topological polar surface area (TPSA) is 83.6 Å². The fourth-order valence-electron chi connectivity index (χ4n) is 1.80. The maximum Gasteiger partial charge on any atom is 0.449 e. The Bertz CT molecular complexity index is 854. The Morgan fingerprint density at radius 2 is 2.09 bits per heavy atom. The van der Waals surface area contributed by atoms with Gasteiger partial charge in [0.25, 0.3) is 5.91 Å². The highest BCUT2D eigenvalue weighted by Gasteiger charge is 2.34. The first-order valence-electron chi connectivity index (χ1n) is 6.01. The number of rotatable bonds is 2. The molecule has 1 amide bonds. The van der Waals surface area contributed by atoms with E-state index in [4.69, 9.17) is 0 Å². The quantitative estimate of drug-likeness (QED) is 0.758. The number of imidazole rings is 1. The van der Waals surface area contributed by atoms with Gasteiger partial charge >= 0.3 is 6.18 Å². The van der Waals surface area contributed by atoms with E-state index < -0.39 is 17.9 Å². The largest absolute Gasteiger partial charge is 0.449 e. The van der Waals surface area contributed by atoms with Gasteiger partial charge in [0.15, 0.2) is 0 Å². The van der Waals surface area contributed by atoms with Crippen LogP contribution in [-0.2, 0) is 6.18 Å². The zero-order valence-electron chi connectivity index (χ0n) is 11.0. The predicted octanol–water partition coefficient (Wildman–Crippen LogP) is 2.99. The number of fused-ring (bicyclic) bond motifs is 1. The third-order valence-electron chi connectivity index (χ3n) is 2.76. The van der Waals surface area contributed by atoms with E-state index in [9.17, 15) is 18.0 Å². The van der Waals surface area contributed by atoms with Gasteiger partial charge in [-0.25, -0.2) is 4.98 Å². The lowest BCUT2D eigenvalue weighted by Crippen LogP contribution is -2.11. The fourth-order valence-corrected chi connectivity index (χ4v) is 2.39. The summed E-state index contributed by atoms with van der Waals surface area (Å²) in [5, 5.41) is 11.0. The molecule has 2 N–H and O–H groups in total. The number of hydrogen-bond acceptors (Lipinski definition) is 5. The third-order valence-corrected chi connectivity index (χ3v) is 3.51. The molecule has 0 saturated carbocycles. The smallest absolute Gasteiger partial charge is 0.334 e. The highest BCUT2D eigenvalue weighted by Crippen LogP contribution is 2.28. The number of alkyl halides is 3. The molecule has 3 rings (SSSR count). The number of anilines is 1. The number of halogens is 3. The van der Waals surface area contributed by atoms with Crippen LogP contribution < -0.4 is 5.32 Å². The number of nitrogens with one attached hydrogen (secondary N) is 2. The number of carbonyl (C=O) groups is 1. The van der Waals surface area contributed by atoms with E-state index in [1.54, 1.807) is 6.92 Å². The molecule has 0 saturated heterocycles. The second kappa shape index (κ2) is 5.05. The summed E-state index contributed by atoms with van der Waals surface area (Å²) in [4.78, 5) is 17.6. The normalized spacial score (nSPS) is 11.8. The van der Waals surface area contributed by atoms with Gasteiger partial charge in [-0.15, -0.1) is 10.2 Å². The van der Waals surface area contributed by atoms with Crippen molar-refractivity contribution in [2.45, 2.75) is 13.1 Å². The van der Waals surface area contributed by atoms with Crippen LogP contribution in [-0.4, -0.2) is 26.1 Å². The minimum atomic E-state index is -4.56. The second-order valence-electron chi connectivity index (χ2n) is 4.40. The summed E-state index contributed by atoms with van der Waals surface area (Å²) in [7, 11) is 0. The molecule has 0 aliphatic carbocycles. The second-order valence-corrected chi connectivity index (χ2v) is 5.58. The predicted molar refractivity (Wildman–Crippen MR) is 73.7 cm³/mol. The van der Waals surface area contributed by atoms with Gasteiger partial charge in [-0.2, -0.15) is 13.2 Å². The number of aromatic nitrogens is 4. The average molecular weight is 327 g/mol. The van der Waals surface area contributed by atoms with E-state index in [1.807, 2.05) is 0 Å². The van der Waals surface area contributed by atoms with E-state index in [-0.39, 0.29) is 16.6 Å². The fraction of sp³-hybridized carbons (Fsp3) is 0.167. The molecular formula is C12H8F3N5OS. The number of nitrogens with zero attached hydrogens (tertiary/aromatic N) is 3. The van der Waals surface area contributed by atoms with Gasteiger partial charge in [0.05, 0.1) is 11.0 Å². The van der Waals surface area contributed by atoms with Crippen molar-refractivity contribution in [2.24, 2.45) is 0 Å². The molecule has 2 aromatic heterocycles. The Kier molecular flexibility index (Phi) is 3.32. The van der Waals surface area contributed by atoms with Gasteiger partial charge in [0.1, 0.15) is 5.01 Å². The van der Waals surface area contributed by atoms with Crippen LogP contribution in [0.25, 0.3) is 11.0 Å². The first kappa shape index (κ1) is 14.4. The van der Waals surface area contributed by atoms with E-state index in [1.165, 1.54) is 29.5 Å². The van der Waals surface area contributed by atoms with Crippen molar-refractivity contribution in [2.75, 3.05) is 5.32 Å². The van der Waals surface area contributed by atoms with Crippen molar-refractivity contribution in [1.82, 2.24) is 20.2 Å². The molecule has 6 nitrogen and oxygen atoms in total. The molecule has 3 aromatic rings. The summed E-state index contributed by atoms with van der Waals surface area (Å²) in [5.41, 5.74) is 0.460. The molecule has 0 bridgehead atoms. The molecule has 2 heterocycles. The molecule has 0 fully saturated rings. The molecular weight excluding hydrogens is 319 g/mol. The van der Waals surface area contributed by atoms with E-state index in [0.717, 1.165) is 0 Å². The van der Waals surface area contributed by atoms with Crippen LogP contribution >= 0.6 is 11.3 Å². The van der Waals surface area contributed by atoms with E-state index >= 15 is 0 Å². The number of aromatic amines is 1. The van der Waals surface area contributed by atoms with Crippen LogP contribution in [0.5, 0.6) is 0 Å². The number of carbonyl (C=O) groups excluding carboxylic acids is 1. The summed E-state index contributed by atoms with van der Waals surface area (Å²) in [6, 6.07) is 4.05. The van der Waals surface area contributed by atoms with Crippen molar-refractivity contribution < 1.29 is 18.0 Å². The van der Waals surface area contributed by atoms with Crippen LogP contribution in [0.2, 0.25) is 0 Å². The van der Waals surface area contributed by atoms with Crippen molar-refractivity contribution in [3.63, 3.8) is 0 Å². The molecule has 10 heteroatoms. The SMILES string of the molecule is Cc1nnc(NC(=O)c2ccc3nc(C(F)(F)F)[nH]c3c2)s1. The maximum atomic E-state index is 12.6. The molecule has 0 atom stereocenters. The maximum absolute atomic E-state index is 12.6. The van der Waals surface area contributed by atoms with Crippen LogP contribution in [0.4, 0.5) is 18.3 Å². The van der Waals surface area contributed by atoms with Crippen LogP contribution in [0.15, 0.2) is 18.2 Å². The monoisotopic (exact) mass is 327 g/mol. The molecule has 0 aliphatic rings. The third kappa shape index (κ3) is 2.77. The number of amides is 1. The van der Waals surface area contributed by atoms with Crippen molar-refractivity contribution in [1.29, 1.82) is 0 Å². The number of H-pyrrole nitrogens is 1. The Balaban J connectivity index is 1.89. The summed E-state index contributed by atoms with van der Waals surface area (Å²) >= 11 is 1.20. The van der Waals surface area contributed by atoms with Gasteiger partial charge < -0.3 is 4.98 Å². The minimum absolute atomic E-state index is 0.133. The summed E-state index contributed by atoms with van der Waals surface area (Å²) < 4.78 is 37.8. The highest BCUT2D eigenvalue weighted by atomic mass is 32.1. The van der Waals surface area contributed by atoms with Crippen molar-refractivity contribution >= 4 is 33.4 Å². The van der Waals surface area contributed by atoms with Crippen LogP contribution in [0.3, 0.4) is 0 Å². The molecule has 22 heavy (non-hydrogen) atoms. The summed E-state index contributed by atoms with van der Waals surface area (Å²) in [5.74, 6) is -1.58. The summed E-state index contributed by atoms with van der Waals surface area (Å²) in [6.45, 7) is 1.74. The number of benzene rings is 1. The van der Waals surface area contributed by atoms with Gasteiger partial charge in [0, 0.05) is 5.56 Å². The van der Waals surface area contributed by atoms with Gasteiger partial charge in [-0.3, -0.25) is 10.1 Å². The van der Waals surface area contributed by atoms with Crippen LogP contribution in [0.1, 0.15) is 21.2 Å². The molecule has 1 aromatic carbocycles. The standard InChI is InChI=1S/C12H8F3N5OS/c1-5-19-20-11(22-5)18-9(21)6-2-3-7-8(4-6)17-10(16-7)12(13,14)15/h2-4H,1H3,(H,16,17)(H,18,20,21). The van der Waals surface area contributed by atoms with Gasteiger partial charge in [0.2, 0.25) is 11.0 Å². The first-order chi connectivity index (χ1) is 10.3. The zero-order chi connectivity index (χ0) is 15.9. The molecule has 0 radical (unpaired) electrons. The molecule has 0 unspecified atom stereocenters. The average Bonchev–Trinajstić information content (AvgIpc) is 3.03. The number of aryl methyl sites for hydroxylation is 1. The highest BCUT2D eigenvalue weighted by molar-refractivity contribution is 7.15. The number of hydrogen-bond donors (Lipinski definition) is 2. The molecule has 0 spiro atoms. The lowest BCUT2D eigenvalue weighted by atomic mass is 10.2. The van der Waals surface area contributed by atoms with Crippen molar-refractivity contribution in [3.05, 3.63) is 34.6 Å². The Morgan fingerprint density at radius 3 is 2.73 bits per heavy atom. The van der Waals surface area contributed by atoms with E-state index in [0.29, 0.717) is 10.1 Å². The van der Waals surface area contributed by atoms with Crippen molar-refractivity contribution in [3.8, 4) is 0 Å². The lowest BCUT2D eigenvalue weighted by Gasteiger charge is -2.00. The van der Waals surface area contributed by atoms with E-state index in [2.05, 4.69) is 25.5 Å². The Morgan fingerprint density at radius 1 is 1.32 bits per heavy atom. The Hall–Kier alpha value is -2.49. The first-order valence-corrected chi connectivity index (χ1v) is 6.83. The zero-order valence-corrected chi connectivity index (χ0v) is 11.8. The lowest BCUT2D eigenvalue weighted by molar-refractivity contribution is -0.144. The Labute approximate surface area is 125 Å². The van der Waals surface area contributed by atoms with Crippen LogP contribution in [0, 0.1) is 6.92 Å².